The summed E-state index contributed by atoms with van der Waals surface area (Å²) in [7, 11) is 0. The molecule has 0 heterocycles. The van der Waals surface area contributed by atoms with Gasteiger partial charge in [0.15, 0.2) is 0 Å². The maximum atomic E-state index is 11.6. The summed E-state index contributed by atoms with van der Waals surface area (Å²) in [5.74, 6) is -13.5. The van der Waals surface area contributed by atoms with Gasteiger partial charge in [0.05, 0.1) is 33.4 Å². The highest BCUT2D eigenvalue weighted by Crippen LogP contribution is 2.30. The normalized spacial score (nSPS) is 9.96. The van der Waals surface area contributed by atoms with Crippen LogP contribution in [0.15, 0.2) is 0 Å². The number of benzene rings is 1. The fraction of sp³-hybridized carbons (Fsp3) is 0. The molecular weight excluding hydrogens is 352 g/mol. The third-order valence-electron chi connectivity index (χ3n) is 2.86. The fourth-order valence-electron chi connectivity index (χ4n) is 2.07. The fourth-order valence-corrected chi connectivity index (χ4v) is 2.07. The minimum atomic E-state index is -2.28. The Morgan fingerprint density at radius 3 is 0.840 bits per heavy atom. The zero-order chi connectivity index (χ0) is 19.6. The molecular formula is C12H6O13. The van der Waals surface area contributed by atoms with Gasteiger partial charge in [-0.1, -0.05) is 0 Å². The molecule has 132 valence electrons. The van der Waals surface area contributed by atoms with E-state index in [-0.39, 0.29) is 0 Å². The molecule has 1 rings (SSSR count). The van der Waals surface area contributed by atoms with E-state index in [1.807, 2.05) is 0 Å². The molecule has 0 saturated carbocycles. The molecule has 0 fully saturated rings. The summed E-state index contributed by atoms with van der Waals surface area (Å²) in [6.07, 6.45) is 0. The van der Waals surface area contributed by atoms with E-state index >= 15 is 0 Å². The average molecular weight is 358 g/mol. The molecule has 13 heteroatoms. The van der Waals surface area contributed by atoms with Crippen LogP contribution >= 0.6 is 0 Å². The predicted octanol–water partition coefficient (Wildman–Crippen LogP) is -0.193. The van der Waals surface area contributed by atoms with Gasteiger partial charge in [0, 0.05) is 0 Å². The van der Waals surface area contributed by atoms with Crippen LogP contribution in [0.2, 0.25) is 0 Å². The summed E-state index contributed by atoms with van der Waals surface area (Å²) < 4.78 is 0. The van der Waals surface area contributed by atoms with Crippen LogP contribution in [-0.4, -0.2) is 66.6 Å². The summed E-state index contributed by atoms with van der Waals surface area (Å²) in [6.45, 7) is 0. The van der Waals surface area contributed by atoms with Crippen molar-refractivity contribution >= 4 is 35.8 Å². The Hall–Kier alpha value is -4.00. The molecule has 0 radical (unpaired) electrons. The quantitative estimate of drug-likeness (QED) is 0.286. The molecule has 0 bridgehead atoms. The van der Waals surface area contributed by atoms with Gasteiger partial charge in [-0.15, -0.1) is 0 Å². The highest BCUT2D eigenvalue weighted by Gasteiger charge is 2.41. The maximum absolute atomic E-state index is 11.6. The van der Waals surface area contributed by atoms with E-state index in [1.165, 1.54) is 0 Å². The highest BCUT2D eigenvalue weighted by atomic mass is 17.1. The lowest BCUT2D eigenvalue weighted by molar-refractivity contribution is -0.182. The van der Waals surface area contributed by atoms with E-state index < -0.39 is 69.2 Å². The van der Waals surface area contributed by atoms with Crippen LogP contribution < -0.4 is 0 Å². The lowest BCUT2D eigenvalue weighted by Crippen LogP contribution is -2.28. The third kappa shape index (κ3) is 3.06. The van der Waals surface area contributed by atoms with Crippen molar-refractivity contribution in [2.75, 3.05) is 0 Å². The van der Waals surface area contributed by atoms with Crippen LogP contribution in [0, 0.1) is 0 Å². The summed E-state index contributed by atoms with van der Waals surface area (Å²) in [6, 6.07) is 0. The predicted molar refractivity (Wildman–Crippen MR) is 69.3 cm³/mol. The lowest BCUT2D eigenvalue weighted by atomic mass is 9.86. The number of carboxylic acids is 5. The van der Waals surface area contributed by atoms with Gasteiger partial charge in [-0.25, -0.2) is 28.8 Å². The lowest BCUT2D eigenvalue weighted by Gasteiger charge is -2.16. The van der Waals surface area contributed by atoms with Crippen LogP contribution in [0.3, 0.4) is 0 Å². The average Bonchev–Trinajstić information content (AvgIpc) is 2.50. The maximum Gasteiger partial charge on any atom is 0.374 e. The van der Waals surface area contributed by atoms with Crippen molar-refractivity contribution in [1.29, 1.82) is 0 Å². The Morgan fingerprint density at radius 1 is 0.480 bits per heavy atom. The third-order valence-corrected chi connectivity index (χ3v) is 2.86. The second-order valence-corrected chi connectivity index (χ2v) is 4.15. The molecule has 0 aliphatic carbocycles. The number of aromatic carboxylic acids is 5. The van der Waals surface area contributed by atoms with Crippen molar-refractivity contribution in [3.63, 3.8) is 0 Å². The van der Waals surface area contributed by atoms with Gasteiger partial charge in [0.2, 0.25) is 0 Å². The summed E-state index contributed by atoms with van der Waals surface area (Å²) in [4.78, 5) is 71.2. The molecule has 0 aliphatic heterocycles. The smallest absolute Gasteiger partial charge is 0.374 e. The standard InChI is InChI=1S/C12H6O13/c13-7(14)1-2(8(15)16)4(10(19)20)6(12(23)25-24)5(11(21)22)3(1)9(17)18/h24H,(H,13,14)(H,15,16)(H,17,18)(H,19,20)(H,21,22). The van der Waals surface area contributed by atoms with Gasteiger partial charge < -0.3 is 25.5 Å². The summed E-state index contributed by atoms with van der Waals surface area (Å²) >= 11 is 0. The zero-order valence-corrected chi connectivity index (χ0v) is 11.5. The van der Waals surface area contributed by atoms with Gasteiger partial charge in [-0.05, 0) is 0 Å². The number of hydrogen-bond acceptors (Lipinski definition) is 8. The van der Waals surface area contributed by atoms with Gasteiger partial charge in [0.25, 0.3) is 0 Å². The molecule has 1 aromatic carbocycles. The molecule has 0 aromatic heterocycles. The number of carboxylic acid groups (broad SMARTS) is 5. The van der Waals surface area contributed by atoms with Crippen LogP contribution in [0.25, 0.3) is 0 Å². The molecule has 0 atom stereocenters. The van der Waals surface area contributed by atoms with Crippen LogP contribution in [0.4, 0.5) is 0 Å². The number of carbonyl (C=O) groups excluding carboxylic acids is 1. The molecule has 25 heavy (non-hydrogen) atoms. The molecule has 0 amide bonds. The topological polar surface area (TPSA) is 233 Å². The van der Waals surface area contributed by atoms with E-state index in [2.05, 4.69) is 4.89 Å². The molecule has 13 nitrogen and oxygen atoms in total. The van der Waals surface area contributed by atoms with Crippen LogP contribution in [0.5, 0.6) is 0 Å². The molecule has 0 aliphatic rings. The molecule has 0 spiro atoms. The molecule has 6 N–H and O–H groups in total. The molecule has 1 aromatic rings. The van der Waals surface area contributed by atoms with Crippen LogP contribution in [0.1, 0.15) is 62.1 Å². The van der Waals surface area contributed by atoms with Gasteiger partial charge in [0.1, 0.15) is 0 Å². The SMILES string of the molecule is O=C(O)c1c(C(=O)O)c(C(=O)O)c(C(=O)OO)c(C(=O)O)c1C(=O)O. The van der Waals surface area contributed by atoms with Crippen molar-refractivity contribution in [3.8, 4) is 0 Å². The Balaban J connectivity index is 4.50. The second-order valence-electron chi connectivity index (χ2n) is 4.15. The highest BCUT2D eigenvalue weighted by molar-refractivity contribution is 6.23. The summed E-state index contributed by atoms with van der Waals surface area (Å²) in [5.41, 5.74) is -10.0. The van der Waals surface area contributed by atoms with Crippen LogP contribution in [-0.2, 0) is 4.89 Å². The minimum Gasteiger partial charge on any atom is -0.478 e. The zero-order valence-electron chi connectivity index (χ0n) is 11.5. The van der Waals surface area contributed by atoms with Crippen molar-refractivity contribution in [1.82, 2.24) is 0 Å². The van der Waals surface area contributed by atoms with E-state index in [9.17, 15) is 28.8 Å². The molecule has 0 saturated heterocycles. The Morgan fingerprint density at radius 2 is 0.680 bits per heavy atom. The first-order valence-electron chi connectivity index (χ1n) is 5.73. The Bertz CT molecular complexity index is 794. The summed E-state index contributed by atoms with van der Waals surface area (Å²) in [5, 5.41) is 53.8. The van der Waals surface area contributed by atoms with Gasteiger partial charge >= 0.3 is 35.8 Å². The van der Waals surface area contributed by atoms with E-state index in [0.717, 1.165) is 0 Å². The van der Waals surface area contributed by atoms with Crippen molar-refractivity contribution in [2.24, 2.45) is 0 Å². The monoisotopic (exact) mass is 358 g/mol. The largest absolute Gasteiger partial charge is 0.478 e. The second kappa shape index (κ2) is 6.63. The first-order chi connectivity index (χ1) is 11.5. The minimum absolute atomic E-state index is 1.65. The van der Waals surface area contributed by atoms with E-state index in [0.29, 0.717) is 0 Å². The van der Waals surface area contributed by atoms with Gasteiger partial charge in [-0.3, -0.25) is 4.89 Å². The van der Waals surface area contributed by atoms with Crippen molar-refractivity contribution < 1.29 is 64.4 Å². The first kappa shape index (κ1) is 19.0. The number of hydrogen-bond donors (Lipinski definition) is 6. The molecule has 0 unspecified atom stereocenters. The Labute approximate surface area is 134 Å². The first-order valence-corrected chi connectivity index (χ1v) is 5.73. The van der Waals surface area contributed by atoms with Gasteiger partial charge in [-0.2, -0.15) is 5.26 Å². The Kier molecular flexibility index (Phi) is 5.05. The van der Waals surface area contributed by atoms with Crippen molar-refractivity contribution in [3.05, 3.63) is 33.4 Å². The number of carbonyl (C=O) groups is 6. The number of rotatable bonds is 6. The van der Waals surface area contributed by atoms with E-state index in [1.54, 1.807) is 0 Å². The van der Waals surface area contributed by atoms with E-state index in [4.69, 9.17) is 30.8 Å². The van der Waals surface area contributed by atoms with Crippen molar-refractivity contribution in [2.45, 2.75) is 0 Å².